The molecule has 142 valence electrons. The summed E-state index contributed by atoms with van der Waals surface area (Å²) in [4.78, 5) is 11.7. The highest BCUT2D eigenvalue weighted by Gasteiger charge is 2.26. The van der Waals surface area contributed by atoms with Gasteiger partial charge in [-0.1, -0.05) is 51.0 Å². The average molecular weight is 377 g/mol. The molecule has 2 aromatic rings. The highest BCUT2D eigenvalue weighted by molar-refractivity contribution is 7.89. The summed E-state index contributed by atoms with van der Waals surface area (Å²) in [5.41, 5.74) is 0.626. The molecule has 0 radical (unpaired) electrons. The van der Waals surface area contributed by atoms with Crippen molar-refractivity contribution in [2.75, 3.05) is 18.4 Å². The molecule has 2 aromatic carbocycles. The highest BCUT2D eigenvalue weighted by Crippen LogP contribution is 2.31. The zero-order chi connectivity index (χ0) is 19.2. The van der Waals surface area contributed by atoms with Gasteiger partial charge in [-0.05, 0) is 25.0 Å². The smallest absolute Gasteiger partial charge is 0.243 e. The van der Waals surface area contributed by atoms with Gasteiger partial charge in [0.25, 0.3) is 0 Å². The molecule has 5 nitrogen and oxygen atoms in total. The largest absolute Gasteiger partial charge is 0.326 e. The second-order valence-electron chi connectivity index (χ2n) is 6.45. The van der Waals surface area contributed by atoms with E-state index in [1.165, 1.54) is 6.92 Å². The van der Waals surface area contributed by atoms with Crippen LogP contribution in [0.15, 0.2) is 41.3 Å². The number of hydrogen-bond acceptors (Lipinski definition) is 3. The first-order chi connectivity index (χ1) is 12.4. The summed E-state index contributed by atoms with van der Waals surface area (Å²) in [6.45, 7) is 6.61. The van der Waals surface area contributed by atoms with Crippen LogP contribution in [0.1, 0.15) is 46.5 Å². The number of unbranched alkanes of at least 4 members (excludes halogenated alkanes) is 2. The van der Waals surface area contributed by atoms with E-state index >= 15 is 0 Å². The lowest BCUT2D eigenvalue weighted by Crippen LogP contribution is -2.33. The van der Waals surface area contributed by atoms with Crippen LogP contribution >= 0.6 is 0 Å². The Kier molecular flexibility index (Phi) is 7.17. The number of amides is 1. The number of fused-ring (bicyclic) bond motifs is 1. The Morgan fingerprint density at radius 1 is 0.962 bits per heavy atom. The molecule has 0 fully saturated rings. The van der Waals surface area contributed by atoms with E-state index in [1.54, 1.807) is 22.5 Å². The predicted molar refractivity (Wildman–Crippen MR) is 107 cm³/mol. The van der Waals surface area contributed by atoms with Gasteiger partial charge in [0.2, 0.25) is 15.9 Å². The lowest BCUT2D eigenvalue weighted by Gasteiger charge is -2.23. The fourth-order valence-corrected chi connectivity index (χ4v) is 4.67. The number of anilines is 1. The van der Waals surface area contributed by atoms with E-state index in [1.807, 2.05) is 18.2 Å². The fourth-order valence-electron chi connectivity index (χ4n) is 2.96. The van der Waals surface area contributed by atoms with Gasteiger partial charge in [0.15, 0.2) is 0 Å². The van der Waals surface area contributed by atoms with E-state index in [-0.39, 0.29) is 5.91 Å². The minimum Gasteiger partial charge on any atom is -0.326 e. The van der Waals surface area contributed by atoms with Crippen molar-refractivity contribution in [3.05, 3.63) is 36.4 Å². The number of sulfonamides is 1. The molecule has 0 bridgehead atoms. The van der Waals surface area contributed by atoms with Gasteiger partial charge in [-0.2, -0.15) is 4.31 Å². The summed E-state index contributed by atoms with van der Waals surface area (Å²) in [5, 5.41) is 4.14. The zero-order valence-electron chi connectivity index (χ0n) is 15.8. The first kappa shape index (κ1) is 20.4. The number of hydrogen-bond donors (Lipinski definition) is 1. The molecule has 0 aliphatic rings. The second-order valence-corrected chi connectivity index (χ2v) is 8.36. The van der Waals surface area contributed by atoms with Crippen molar-refractivity contribution in [3.63, 3.8) is 0 Å². The monoisotopic (exact) mass is 376 g/mol. The molecule has 0 unspecified atom stereocenters. The Hall–Kier alpha value is -1.92. The van der Waals surface area contributed by atoms with Crippen LogP contribution in [0.25, 0.3) is 10.8 Å². The normalized spacial score (nSPS) is 11.8. The van der Waals surface area contributed by atoms with E-state index in [0.717, 1.165) is 31.1 Å². The summed E-state index contributed by atoms with van der Waals surface area (Å²) in [7, 11) is -3.60. The minimum absolute atomic E-state index is 0.182. The highest BCUT2D eigenvalue weighted by atomic mass is 32.2. The Morgan fingerprint density at radius 2 is 1.54 bits per heavy atom. The van der Waals surface area contributed by atoms with Gasteiger partial charge in [0.1, 0.15) is 0 Å². The summed E-state index contributed by atoms with van der Waals surface area (Å²) in [5.74, 6) is -0.182. The van der Waals surface area contributed by atoms with Crippen molar-refractivity contribution in [1.29, 1.82) is 0 Å². The van der Waals surface area contributed by atoms with E-state index in [2.05, 4.69) is 19.2 Å². The number of nitrogens with one attached hydrogen (secondary N) is 1. The molecule has 2 rings (SSSR count). The van der Waals surface area contributed by atoms with Gasteiger partial charge >= 0.3 is 0 Å². The van der Waals surface area contributed by atoms with E-state index < -0.39 is 10.0 Å². The minimum atomic E-state index is -3.60. The standard InChI is InChI=1S/C20H28N2O3S/c1-4-6-14-22(15-7-5-2)26(24,25)20-13-12-19(21-16(3)23)17-10-8-9-11-18(17)20/h8-13H,4-7,14-15H2,1-3H3,(H,21,23). The van der Waals surface area contributed by atoms with Crippen molar-refractivity contribution < 1.29 is 13.2 Å². The summed E-state index contributed by atoms with van der Waals surface area (Å²) in [6, 6.07) is 10.6. The van der Waals surface area contributed by atoms with Crippen LogP contribution in [0.5, 0.6) is 0 Å². The predicted octanol–water partition coefficient (Wildman–Crippen LogP) is 4.39. The average Bonchev–Trinajstić information content (AvgIpc) is 2.61. The third-order valence-corrected chi connectivity index (χ3v) is 6.29. The molecule has 0 saturated heterocycles. The molecule has 0 saturated carbocycles. The molecular weight excluding hydrogens is 348 g/mol. The molecule has 0 atom stereocenters. The van der Waals surface area contributed by atoms with Crippen LogP contribution in [0.3, 0.4) is 0 Å². The molecule has 0 aliphatic carbocycles. The number of nitrogens with zero attached hydrogens (tertiary/aromatic N) is 1. The number of benzene rings is 2. The van der Waals surface area contributed by atoms with Crippen LogP contribution in [0.4, 0.5) is 5.69 Å². The van der Waals surface area contributed by atoms with Gasteiger partial charge < -0.3 is 5.32 Å². The number of carbonyl (C=O) groups is 1. The molecule has 1 N–H and O–H groups in total. The van der Waals surface area contributed by atoms with Gasteiger partial charge in [-0.3, -0.25) is 4.79 Å². The van der Waals surface area contributed by atoms with Gasteiger partial charge in [0, 0.05) is 36.5 Å². The zero-order valence-corrected chi connectivity index (χ0v) is 16.6. The van der Waals surface area contributed by atoms with Gasteiger partial charge in [-0.25, -0.2) is 8.42 Å². The topological polar surface area (TPSA) is 66.5 Å². The molecule has 1 amide bonds. The Balaban J connectivity index is 2.54. The molecule has 26 heavy (non-hydrogen) atoms. The fraction of sp³-hybridized carbons (Fsp3) is 0.450. The molecular formula is C20H28N2O3S. The summed E-state index contributed by atoms with van der Waals surface area (Å²) in [6.07, 6.45) is 3.57. The SMILES string of the molecule is CCCCN(CCCC)S(=O)(=O)c1ccc(NC(C)=O)c2ccccc12. The third kappa shape index (κ3) is 4.62. The second kappa shape index (κ2) is 9.14. The molecule has 0 aromatic heterocycles. The van der Waals surface area contributed by atoms with E-state index in [4.69, 9.17) is 0 Å². The maximum atomic E-state index is 13.3. The first-order valence-electron chi connectivity index (χ1n) is 9.21. The lowest BCUT2D eigenvalue weighted by atomic mass is 10.1. The van der Waals surface area contributed by atoms with Crippen molar-refractivity contribution in [3.8, 4) is 0 Å². The van der Waals surface area contributed by atoms with Crippen molar-refractivity contribution in [1.82, 2.24) is 4.31 Å². The molecule has 0 aliphatic heterocycles. The van der Waals surface area contributed by atoms with Crippen molar-refractivity contribution in [2.24, 2.45) is 0 Å². The van der Waals surface area contributed by atoms with E-state index in [9.17, 15) is 13.2 Å². The first-order valence-corrected chi connectivity index (χ1v) is 10.6. The van der Waals surface area contributed by atoms with Gasteiger partial charge in [-0.15, -0.1) is 0 Å². The van der Waals surface area contributed by atoms with Crippen LogP contribution < -0.4 is 5.32 Å². The van der Waals surface area contributed by atoms with Crippen LogP contribution in [0, 0.1) is 0 Å². The van der Waals surface area contributed by atoms with Crippen LogP contribution in [-0.4, -0.2) is 31.7 Å². The third-order valence-electron chi connectivity index (χ3n) is 4.33. The number of rotatable bonds is 9. The molecule has 6 heteroatoms. The Labute approximate surface area is 156 Å². The summed E-state index contributed by atoms with van der Waals surface area (Å²) < 4.78 is 28.3. The maximum Gasteiger partial charge on any atom is 0.243 e. The van der Waals surface area contributed by atoms with Gasteiger partial charge in [0.05, 0.1) is 4.90 Å². The maximum absolute atomic E-state index is 13.3. The lowest BCUT2D eigenvalue weighted by molar-refractivity contribution is -0.114. The Morgan fingerprint density at radius 3 is 2.08 bits per heavy atom. The van der Waals surface area contributed by atoms with Crippen molar-refractivity contribution >= 4 is 32.4 Å². The Bertz CT molecular complexity index is 854. The van der Waals surface area contributed by atoms with E-state index in [0.29, 0.717) is 29.1 Å². The number of carbonyl (C=O) groups excluding carboxylic acids is 1. The summed E-state index contributed by atoms with van der Waals surface area (Å²) >= 11 is 0. The van der Waals surface area contributed by atoms with Crippen molar-refractivity contribution in [2.45, 2.75) is 51.3 Å². The van der Waals surface area contributed by atoms with Crippen LogP contribution in [0.2, 0.25) is 0 Å². The molecule has 0 spiro atoms. The quantitative estimate of drug-likeness (QED) is 0.706. The van der Waals surface area contributed by atoms with Crippen LogP contribution in [-0.2, 0) is 14.8 Å². The molecule has 0 heterocycles.